The van der Waals surface area contributed by atoms with Crippen molar-refractivity contribution in [1.82, 2.24) is 0 Å². The molecule has 2 nitrogen and oxygen atoms in total. The first-order valence-corrected chi connectivity index (χ1v) is 8.68. The number of nitrogens with two attached hydrogens (primary N) is 1. The lowest BCUT2D eigenvalue weighted by molar-refractivity contribution is 0.0999. The van der Waals surface area contributed by atoms with Crippen molar-refractivity contribution in [2.75, 3.05) is 13.2 Å². The highest BCUT2D eigenvalue weighted by atomic mass is 79.9. The Morgan fingerprint density at radius 2 is 2.16 bits per heavy atom. The van der Waals surface area contributed by atoms with Crippen molar-refractivity contribution in [3.8, 4) is 0 Å². The van der Waals surface area contributed by atoms with E-state index in [9.17, 15) is 0 Å². The highest BCUT2D eigenvalue weighted by Crippen LogP contribution is 2.39. The summed E-state index contributed by atoms with van der Waals surface area (Å²) in [5, 5.41) is 1.06. The van der Waals surface area contributed by atoms with E-state index in [-0.39, 0.29) is 6.04 Å². The van der Waals surface area contributed by atoms with E-state index >= 15 is 0 Å². The third-order valence-corrected chi connectivity index (χ3v) is 5.81. The van der Waals surface area contributed by atoms with Gasteiger partial charge in [0.1, 0.15) is 0 Å². The molecule has 0 radical (unpaired) electrons. The van der Waals surface area contributed by atoms with Gasteiger partial charge in [-0.25, -0.2) is 0 Å². The Balaban J connectivity index is 2.11. The minimum atomic E-state index is 0.210. The molecule has 106 valence electrons. The van der Waals surface area contributed by atoms with Crippen LogP contribution in [0, 0.1) is 0 Å². The van der Waals surface area contributed by atoms with Gasteiger partial charge in [0.05, 0.1) is 0 Å². The van der Waals surface area contributed by atoms with Crippen LogP contribution < -0.4 is 5.73 Å². The molecule has 1 aromatic rings. The fourth-order valence-electron chi connectivity index (χ4n) is 2.34. The van der Waals surface area contributed by atoms with E-state index in [1.807, 2.05) is 11.8 Å². The first-order valence-electron chi connectivity index (χ1n) is 6.95. The summed E-state index contributed by atoms with van der Waals surface area (Å²) >= 11 is 5.59. The van der Waals surface area contributed by atoms with Gasteiger partial charge >= 0.3 is 0 Å². The van der Waals surface area contributed by atoms with Crippen LogP contribution in [0.15, 0.2) is 28.7 Å². The summed E-state index contributed by atoms with van der Waals surface area (Å²) in [6.07, 6.45) is 3.30. The summed E-state index contributed by atoms with van der Waals surface area (Å²) in [5.74, 6) is 0. The molecule has 2 unspecified atom stereocenters. The fraction of sp³-hybridized carbons (Fsp3) is 0.600. The summed E-state index contributed by atoms with van der Waals surface area (Å²) in [6.45, 7) is 3.95. The van der Waals surface area contributed by atoms with Crippen molar-refractivity contribution in [3.63, 3.8) is 0 Å². The largest absolute Gasteiger partial charge is 0.381 e. The standard InChI is InChI=1S/C15H22BrNOS/c1-2-14(17)15(11-4-3-5-12(16)10-11)19-13-6-8-18-9-7-13/h3-5,10,13-15H,2,6-9,17H2,1H3. The minimum absolute atomic E-state index is 0.210. The molecule has 0 aromatic heterocycles. The second-order valence-corrected chi connectivity index (χ2v) is 7.36. The van der Waals surface area contributed by atoms with Gasteiger partial charge in [-0.3, -0.25) is 0 Å². The van der Waals surface area contributed by atoms with Crippen LogP contribution in [0.3, 0.4) is 0 Å². The van der Waals surface area contributed by atoms with Crippen molar-refractivity contribution in [1.29, 1.82) is 0 Å². The smallest absolute Gasteiger partial charge is 0.0476 e. The molecule has 2 N–H and O–H groups in total. The molecule has 0 spiro atoms. The third-order valence-electron chi connectivity index (χ3n) is 3.54. The van der Waals surface area contributed by atoms with Crippen molar-refractivity contribution in [2.24, 2.45) is 5.73 Å². The van der Waals surface area contributed by atoms with Crippen LogP contribution in [-0.4, -0.2) is 24.5 Å². The molecule has 19 heavy (non-hydrogen) atoms. The minimum Gasteiger partial charge on any atom is -0.381 e. The summed E-state index contributed by atoms with van der Waals surface area (Å²) in [7, 11) is 0. The van der Waals surface area contributed by atoms with Crippen LogP contribution in [0.1, 0.15) is 37.0 Å². The van der Waals surface area contributed by atoms with Gasteiger partial charge in [-0.05, 0) is 37.0 Å². The molecular weight excluding hydrogens is 322 g/mol. The van der Waals surface area contributed by atoms with Gasteiger partial charge in [-0.2, -0.15) is 0 Å². The predicted molar refractivity (Wildman–Crippen MR) is 86.6 cm³/mol. The van der Waals surface area contributed by atoms with E-state index < -0.39 is 0 Å². The molecule has 0 saturated carbocycles. The zero-order chi connectivity index (χ0) is 13.7. The lowest BCUT2D eigenvalue weighted by Gasteiger charge is -2.30. The summed E-state index contributed by atoms with van der Waals surface area (Å²) < 4.78 is 6.57. The van der Waals surface area contributed by atoms with E-state index in [0.29, 0.717) is 10.5 Å². The van der Waals surface area contributed by atoms with Gasteiger partial charge in [0.2, 0.25) is 0 Å². The summed E-state index contributed by atoms with van der Waals surface area (Å²) in [5.41, 5.74) is 7.68. The van der Waals surface area contributed by atoms with Gasteiger partial charge in [0.15, 0.2) is 0 Å². The molecule has 2 atom stereocenters. The number of thioether (sulfide) groups is 1. The first kappa shape index (κ1) is 15.4. The highest BCUT2D eigenvalue weighted by molar-refractivity contribution is 9.10. The SMILES string of the molecule is CCC(N)C(SC1CCOCC1)c1cccc(Br)c1. The van der Waals surface area contributed by atoms with Crippen molar-refractivity contribution >= 4 is 27.7 Å². The summed E-state index contributed by atoms with van der Waals surface area (Å²) in [6, 6.07) is 8.77. The lowest BCUT2D eigenvalue weighted by Crippen LogP contribution is -2.28. The van der Waals surface area contributed by atoms with Crippen LogP contribution in [0.4, 0.5) is 0 Å². The van der Waals surface area contributed by atoms with Crippen molar-refractivity contribution in [3.05, 3.63) is 34.3 Å². The normalized spacial score (nSPS) is 20.2. The van der Waals surface area contributed by atoms with Gasteiger partial charge in [-0.15, -0.1) is 11.8 Å². The Labute approximate surface area is 128 Å². The second kappa shape index (κ2) is 7.67. The topological polar surface area (TPSA) is 35.2 Å². The van der Waals surface area contributed by atoms with Gasteiger partial charge in [0.25, 0.3) is 0 Å². The van der Waals surface area contributed by atoms with Crippen LogP contribution in [0.25, 0.3) is 0 Å². The zero-order valence-corrected chi connectivity index (χ0v) is 13.8. The molecule has 4 heteroatoms. The first-order chi connectivity index (χ1) is 9.20. The quantitative estimate of drug-likeness (QED) is 0.872. The zero-order valence-electron chi connectivity index (χ0n) is 11.3. The Kier molecular flexibility index (Phi) is 6.20. The van der Waals surface area contributed by atoms with Crippen LogP contribution >= 0.6 is 27.7 Å². The van der Waals surface area contributed by atoms with Crippen LogP contribution in [0.5, 0.6) is 0 Å². The Morgan fingerprint density at radius 1 is 1.42 bits per heavy atom. The number of benzene rings is 1. The average molecular weight is 344 g/mol. The maximum atomic E-state index is 6.35. The van der Waals surface area contributed by atoms with Gasteiger partial charge < -0.3 is 10.5 Å². The van der Waals surface area contributed by atoms with Crippen molar-refractivity contribution < 1.29 is 4.74 Å². The molecule has 1 saturated heterocycles. The van der Waals surface area contributed by atoms with E-state index in [0.717, 1.165) is 36.9 Å². The molecule has 1 aromatic carbocycles. The van der Waals surface area contributed by atoms with Crippen LogP contribution in [0.2, 0.25) is 0 Å². The molecular formula is C15H22BrNOS. The van der Waals surface area contributed by atoms with Crippen molar-refractivity contribution in [2.45, 2.75) is 42.7 Å². The Morgan fingerprint density at radius 3 is 2.79 bits per heavy atom. The number of rotatable bonds is 5. The second-order valence-electron chi connectivity index (χ2n) is 5.00. The van der Waals surface area contributed by atoms with E-state index in [1.165, 1.54) is 5.56 Å². The Hall–Kier alpha value is -0.0300. The molecule has 1 aliphatic heterocycles. The lowest BCUT2D eigenvalue weighted by atomic mass is 10.0. The number of halogens is 1. The van der Waals surface area contributed by atoms with Gasteiger partial charge in [0, 0.05) is 34.2 Å². The average Bonchev–Trinajstić information content (AvgIpc) is 2.45. The molecule has 1 fully saturated rings. The predicted octanol–water partition coefficient (Wildman–Crippen LogP) is 4.14. The molecule has 0 aliphatic carbocycles. The van der Waals surface area contributed by atoms with Gasteiger partial charge in [-0.1, -0.05) is 35.0 Å². The third kappa shape index (κ3) is 4.48. The fourth-order valence-corrected chi connectivity index (χ4v) is 4.34. The number of ether oxygens (including phenoxy) is 1. The maximum absolute atomic E-state index is 6.35. The number of hydrogen-bond donors (Lipinski definition) is 1. The molecule has 1 heterocycles. The maximum Gasteiger partial charge on any atom is 0.0476 e. The molecule has 1 aliphatic rings. The van der Waals surface area contributed by atoms with E-state index in [2.05, 4.69) is 47.1 Å². The van der Waals surface area contributed by atoms with Crippen LogP contribution in [-0.2, 0) is 4.74 Å². The van der Waals surface area contributed by atoms with E-state index in [1.54, 1.807) is 0 Å². The summed E-state index contributed by atoms with van der Waals surface area (Å²) in [4.78, 5) is 0. The highest BCUT2D eigenvalue weighted by Gasteiger charge is 2.25. The monoisotopic (exact) mass is 343 g/mol. The molecule has 0 amide bonds. The van der Waals surface area contributed by atoms with E-state index in [4.69, 9.17) is 10.5 Å². The Bertz CT molecular complexity index is 395. The molecule has 0 bridgehead atoms. The molecule has 2 rings (SSSR count). The number of hydrogen-bond acceptors (Lipinski definition) is 3.